The van der Waals surface area contributed by atoms with Crippen LogP contribution in [0.1, 0.15) is 39.2 Å². The second-order valence-electron chi connectivity index (χ2n) is 8.11. The van der Waals surface area contributed by atoms with E-state index in [-0.39, 0.29) is 24.2 Å². The predicted octanol–water partition coefficient (Wildman–Crippen LogP) is 3.97. The molecule has 0 fully saturated rings. The van der Waals surface area contributed by atoms with E-state index in [1.807, 2.05) is 13.8 Å². The van der Waals surface area contributed by atoms with Crippen LogP contribution in [0.4, 0.5) is 10.1 Å². The van der Waals surface area contributed by atoms with Crippen molar-refractivity contribution >= 4 is 39.1 Å². The van der Waals surface area contributed by atoms with E-state index in [0.717, 1.165) is 16.6 Å². The number of nitrogens with one attached hydrogen (secondary N) is 1. The van der Waals surface area contributed by atoms with Crippen molar-refractivity contribution in [2.75, 3.05) is 17.1 Å². The zero-order valence-corrected chi connectivity index (χ0v) is 21.4. The highest BCUT2D eigenvalue weighted by atomic mass is 35.5. The Balaban J connectivity index is 2.44. The summed E-state index contributed by atoms with van der Waals surface area (Å²) in [5, 5.41) is 3.41. The summed E-state index contributed by atoms with van der Waals surface area (Å²) in [6, 6.07) is 11.2. The summed E-state index contributed by atoms with van der Waals surface area (Å²) in [7, 11) is -4.00. The number of carbonyl (C=O) groups is 2. The molecule has 0 aliphatic heterocycles. The monoisotopic (exact) mass is 511 g/mol. The minimum Gasteiger partial charge on any atom is -0.352 e. The van der Waals surface area contributed by atoms with Gasteiger partial charge in [-0.3, -0.25) is 13.9 Å². The van der Waals surface area contributed by atoms with Crippen LogP contribution in [-0.4, -0.2) is 50.0 Å². The normalized spacial score (nSPS) is 13.1. The first-order valence-electron chi connectivity index (χ1n) is 11.0. The zero-order valence-electron chi connectivity index (χ0n) is 19.8. The van der Waals surface area contributed by atoms with E-state index in [1.165, 1.54) is 23.1 Å². The maximum atomic E-state index is 14.4. The molecule has 2 rings (SSSR count). The lowest BCUT2D eigenvalue weighted by molar-refractivity contribution is -0.140. The number of sulfonamides is 1. The van der Waals surface area contributed by atoms with Crippen molar-refractivity contribution in [2.45, 2.75) is 52.2 Å². The lowest BCUT2D eigenvalue weighted by Crippen LogP contribution is -2.53. The van der Waals surface area contributed by atoms with E-state index in [9.17, 15) is 22.4 Å². The largest absolute Gasteiger partial charge is 0.352 e. The minimum atomic E-state index is -4.00. The average Bonchev–Trinajstić information content (AvgIpc) is 2.78. The molecule has 0 spiro atoms. The van der Waals surface area contributed by atoms with E-state index in [0.29, 0.717) is 23.4 Å². The number of amides is 2. The van der Waals surface area contributed by atoms with Gasteiger partial charge in [-0.1, -0.05) is 49.7 Å². The summed E-state index contributed by atoms with van der Waals surface area (Å²) in [4.78, 5) is 27.9. The molecule has 1 N–H and O–H groups in total. The minimum absolute atomic E-state index is 0.0529. The number of carbonyl (C=O) groups excluding carboxylic acids is 2. The number of para-hydroxylation sites is 1. The third-order valence-electron chi connectivity index (χ3n) is 5.45. The molecule has 7 nitrogen and oxygen atoms in total. The number of hydrogen-bond acceptors (Lipinski definition) is 4. The lowest BCUT2D eigenvalue weighted by Gasteiger charge is -2.33. The fraction of sp³-hybridized carbons (Fsp3) is 0.417. The Bertz CT molecular complexity index is 1100. The number of hydrogen-bond donors (Lipinski definition) is 1. The quantitative estimate of drug-likeness (QED) is 0.494. The summed E-state index contributed by atoms with van der Waals surface area (Å²) >= 11 is 5.97. The lowest BCUT2D eigenvalue weighted by atomic mass is 10.1. The van der Waals surface area contributed by atoms with Gasteiger partial charge in [-0.05, 0) is 49.6 Å². The summed E-state index contributed by atoms with van der Waals surface area (Å²) < 4.78 is 40.1. The molecule has 10 heteroatoms. The highest BCUT2D eigenvalue weighted by Crippen LogP contribution is 2.23. The molecule has 0 aliphatic rings. The van der Waals surface area contributed by atoms with Crippen molar-refractivity contribution in [3.05, 3.63) is 64.9 Å². The van der Waals surface area contributed by atoms with Crippen LogP contribution in [0.25, 0.3) is 0 Å². The van der Waals surface area contributed by atoms with Gasteiger partial charge in [-0.15, -0.1) is 0 Å². The van der Waals surface area contributed by atoms with Crippen LogP contribution >= 0.6 is 11.6 Å². The van der Waals surface area contributed by atoms with E-state index < -0.39 is 34.3 Å². The molecule has 2 unspecified atom stereocenters. The highest BCUT2D eigenvalue weighted by molar-refractivity contribution is 7.92. The van der Waals surface area contributed by atoms with Gasteiger partial charge in [0.1, 0.15) is 18.4 Å². The first kappa shape index (κ1) is 27.6. The molecule has 0 radical (unpaired) electrons. The van der Waals surface area contributed by atoms with Crippen molar-refractivity contribution in [1.29, 1.82) is 0 Å². The highest BCUT2D eigenvalue weighted by Gasteiger charge is 2.32. The summed E-state index contributed by atoms with van der Waals surface area (Å²) in [5.41, 5.74) is 0.478. The van der Waals surface area contributed by atoms with Gasteiger partial charge in [0, 0.05) is 17.6 Å². The van der Waals surface area contributed by atoms with Gasteiger partial charge in [0.05, 0.1) is 11.9 Å². The predicted molar refractivity (Wildman–Crippen MR) is 133 cm³/mol. The summed E-state index contributed by atoms with van der Waals surface area (Å²) in [6.07, 6.45) is 1.92. The Morgan fingerprint density at radius 2 is 1.68 bits per heavy atom. The van der Waals surface area contributed by atoms with Gasteiger partial charge < -0.3 is 10.2 Å². The van der Waals surface area contributed by atoms with Gasteiger partial charge in [0.2, 0.25) is 21.8 Å². The van der Waals surface area contributed by atoms with Gasteiger partial charge in [-0.25, -0.2) is 12.8 Å². The average molecular weight is 512 g/mol. The molecule has 0 heterocycles. The number of nitrogens with zero attached hydrogens (tertiary/aromatic N) is 2. The number of halogens is 2. The Kier molecular flexibility index (Phi) is 9.88. The maximum absolute atomic E-state index is 14.4. The van der Waals surface area contributed by atoms with Crippen LogP contribution in [0.5, 0.6) is 0 Å². The van der Waals surface area contributed by atoms with E-state index >= 15 is 0 Å². The third kappa shape index (κ3) is 7.43. The van der Waals surface area contributed by atoms with Crippen molar-refractivity contribution in [3.63, 3.8) is 0 Å². The fourth-order valence-corrected chi connectivity index (χ4v) is 4.37. The Morgan fingerprint density at radius 1 is 1.06 bits per heavy atom. The first-order chi connectivity index (χ1) is 16.0. The summed E-state index contributed by atoms with van der Waals surface area (Å²) in [6.45, 7) is 4.96. The second kappa shape index (κ2) is 12.2. The molecule has 0 aliphatic carbocycles. The van der Waals surface area contributed by atoms with Crippen LogP contribution in [0.15, 0.2) is 48.5 Å². The molecule has 0 saturated carbocycles. The van der Waals surface area contributed by atoms with Crippen LogP contribution in [0, 0.1) is 5.82 Å². The molecule has 2 aromatic carbocycles. The maximum Gasteiger partial charge on any atom is 0.244 e. The third-order valence-corrected chi connectivity index (χ3v) is 6.83. The molecule has 2 amide bonds. The SMILES string of the molecule is CCC(C)NC(=O)C(CC)N(Cc1ccc(Cl)cc1)C(=O)CN(c1ccccc1F)S(C)(=O)=O. The smallest absolute Gasteiger partial charge is 0.244 e. The van der Waals surface area contributed by atoms with Crippen LogP contribution in [-0.2, 0) is 26.2 Å². The molecule has 2 aromatic rings. The van der Waals surface area contributed by atoms with Gasteiger partial charge in [0.25, 0.3) is 0 Å². The van der Waals surface area contributed by atoms with E-state index in [4.69, 9.17) is 11.6 Å². The Morgan fingerprint density at radius 3 is 2.21 bits per heavy atom. The molecule has 2 atom stereocenters. The van der Waals surface area contributed by atoms with Gasteiger partial charge in [0.15, 0.2) is 0 Å². The van der Waals surface area contributed by atoms with Crippen LogP contribution in [0.2, 0.25) is 5.02 Å². The Labute approximate surface area is 205 Å². The fourth-order valence-electron chi connectivity index (χ4n) is 3.40. The van der Waals surface area contributed by atoms with Gasteiger partial charge >= 0.3 is 0 Å². The molecular formula is C24H31ClFN3O4S. The van der Waals surface area contributed by atoms with Crippen molar-refractivity contribution < 1.29 is 22.4 Å². The standard InChI is InChI=1S/C24H31ClFN3O4S/c1-5-17(3)27-24(31)21(6-2)28(15-18-11-13-19(25)14-12-18)23(30)16-29(34(4,32)33)22-10-8-7-9-20(22)26/h7-14,17,21H,5-6,15-16H2,1-4H3,(H,27,31). The van der Waals surface area contributed by atoms with Gasteiger partial charge in [-0.2, -0.15) is 0 Å². The van der Waals surface area contributed by atoms with Crippen molar-refractivity contribution in [2.24, 2.45) is 0 Å². The topological polar surface area (TPSA) is 86.8 Å². The van der Waals surface area contributed by atoms with E-state index in [2.05, 4.69) is 5.32 Å². The number of anilines is 1. The number of benzene rings is 2. The number of rotatable bonds is 11. The molecule has 0 bridgehead atoms. The Hall–Kier alpha value is -2.65. The molecule has 0 saturated heterocycles. The molecular weight excluding hydrogens is 481 g/mol. The molecule has 0 aromatic heterocycles. The first-order valence-corrected chi connectivity index (χ1v) is 13.3. The zero-order chi connectivity index (χ0) is 25.5. The van der Waals surface area contributed by atoms with Crippen LogP contribution in [0.3, 0.4) is 0 Å². The second-order valence-corrected chi connectivity index (χ2v) is 10.5. The molecule has 34 heavy (non-hydrogen) atoms. The van der Waals surface area contributed by atoms with Crippen LogP contribution < -0.4 is 9.62 Å². The van der Waals surface area contributed by atoms with E-state index in [1.54, 1.807) is 31.2 Å². The van der Waals surface area contributed by atoms with Crippen molar-refractivity contribution in [1.82, 2.24) is 10.2 Å². The van der Waals surface area contributed by atoms with Crippen molar-refractivity contribution in [3.8, 4) is 0 Å². The molecule has 186 valence electrons. The summed E-state index contributed by atoms with van der Waals surface area (Å²) in [5.74, 6) is -1.74.